The predicted molar refractivity (Wildman–Crippen MR) is 78.4 cm³/mol. The number of nitrogens with one attached hydrogen (secondary N) is 1. The summed E-state index contributed by atoms with van der Waals surface area (Å²) in [6.45, 7) is 8.18. The number of aliphatic hydroxyl groups is 1. The highest BCUT2D eigenvalue weighted by Crippen LogP contribution is 2.17. The summed E-state index contributed by atoms with van der Waals surface area (Å²) in [5, 5.41) is 13.2. The largest absolute Gasteiger partial charge is 0.394 e. The zero-order valence-electron chi connectivity index (χ0n) is 11.2. The van der Waals surface area contributed by atoms with E-state index in [9.17, 15) is 4.79 Å². The Kier molecular flexibility index (Phi) is 4.96. The molecule has 0 fully saturated rings. The molecule has 0 spiro atoms. The zero-order chi connectivity index (χ0) is 13.9. The standard InChI is InChI=1S/C13H20ClNO2Si/c1-9(8-16)15-13(17)12-10(14)6-5-7-11(12)18(2,3)4/h5-7,9,16H,8H2,1-4H3,(H,15,17). The Morgan fingerprint density at radius 1 is 1.44 bits per heavy atom. The highest BCUT2D eigenvalue weighted by Gasteiger charge is 2.25. The van der Waals surface area contributed by atoms with Gasteiger partial charge in [-0.25, -0.2) is 0 Å². The van der Waals surface area contributed by atoms with E-state index in [-0.39, 0.29) is 18.6 Å². The summed E-state index contributed by atoms with van der Waals surface area (Å²) < 4.78 is 0. The maximum absolute atomic E-state index is 12.2. The van der Waals surface area contributed by atoms with Gasteiger partial charge in [0.15, 0.2) is 0 Å². The Morgan fingerprint density at radius 2 is 2.06 bits per heavy atom. The van der Waals surface area contributed by atoms with E-state index in [4.69, 9.17) is 16.7 Å². The first-order chi connectivity index (χ1) is 8.27. The summed E-state index contributed by atoms with van der Waals surface area (Å²) >= 11 is 6.16. The van der Waals surface area contributed by atoms with Crippen molar-refractivity contribution in [3.05, 3.63) is 28.8 Å². The number of halogens is 1. The number of carbonyl (C=O) groups is 1. The second kappa shape index (κ2) is 5.86. The third kappa shape index (κ3) is 3.57. The minimum atomic E-state index is -1.64. The fraction of sp³-hybridized carbons (Fsp3) is 0.462. The zero-order valence-corrected chi connectivity index (χ0v) is 13.0. The molecule has 0 aliphatic carbocycles. The van der Waals surface area contributed by atoms with Gasteiger partial charge in [-0.15, -0.1) is 0 Å². The van der Waals surface area contributed by atoms with Crippen LogP contribution in [0.2, 0.25) is 24.7 Å². The third-order valence-corrected chi connectivity index (χ3v) is 5.05. The third-order valence-electron chi connectivity index (χ3n) is 2.70. The Labute approximate surface area is 114 Å². The minimum Gasteiger partial charge on any atom is -0.394 e. The molecule has 1 aromatic carbocycles. The number of carbonyl (C=O) groups excluding carboxylic acids is 1. The smallest absolute Gasteiger partial charge is 0.252 e. The molecule has 1 aromatic rings. The Hall–Kier alpha value is -0.843. The van der Waals surface area contributed by atoms with Gasteiger partial charge in [-0.05, 0) is 18.2 Å². The van der Waals surface area contributed by atoms with E-state index in [1.807, 2.05) is 12.1 Å². The molecule has 5 heteroatoms. The summed E-state index contributed by atoms with van der Waals surface area (Å²) in [5.74, 6) is -0.209. The molecule has 1 atom stereocenters. The Morgan fingerprint density at radius 3 is 2.56 bits per heavy atom. The van der Waals surface area contributed by atoms with Crippen LogP contribution in [0.15, 0.2) is 18.2 Å². The van der Waals surface area contributed by atoms with Gasteiger partial charge in [-0.1, -0.05) is 43.4 Å². The van der Waals surface area contributed by atoms with Gasteiger partial charge in [-0.2, -0.15) is 0 Å². The van der Waals surface area contributed by atoms with Gasteiger partial charge in [0.25, 0.3) is 5.91 Å². The molecule has 100 valence electrons. The van der Waals surface area contributed by atoms with Crippen LogP contribution in [0, 0.1) is 0 Å². The van der Waals surface area contributed by atoms with E-state index in [0.717, 1.165) is 5.19 Å². The van der Waals surface area contributed by atoms with Crippen LogP contribution >= 0.6 is 11.6 Å². The first kappa shape index (κ1) is 15.2. The van der Waals surface area contributed by atoms with Crippen molar-refractivity contribution in [3.63, 3.8) is 0 Å². The first-order valence-electron chi connectivity index (χ1n) is 5.98. The minimum absolute atomic E-state index is 0.0848. The maximum Gasteiger partial charge on any atom is 0.252 e. The van der Waals surface area contributed by atoms with E-state index < -0.39 is 8.07 Å². The molecule has 0 aromatic heterocycles. The normalized spacial score (nSPS) is 13.2. The molecule has 0 heterocycles. The van der Waals surface area contributed by atoms with Crippen LogP contribution < -0.4 is 10.5 Å². The van der Waals surface area contributed by atoms with Crippen molar-refractivity contribution in [2.75, 3.05) is 6.61 Å². The van der Waals surface area contributed by atoms with Crippen molar-refractivity contribution in [1.82, 2.24) is 5.32 Å². The van der Waals surface area contributed by atoms with Gasteiger partial charge >= 0.3 is 0 Å². The summed E-state index contributed by atoms with van der Waals surface area (Å²) in [5.41, 5.74) is 0.554. The van der Waals surface area contributed by atoms with Crippen LogP contribution in [-0.2, 0) is 0 Å². The molecule has 0 bridgehead atoms. The number of amides is 1. The van der Waals surface area contributed by atoms with Crippen LogP contribution in [0.4, 0.5) is 0 Å². The maximum atomic E-state index is 12.2. The molecule has 0 saturated heterocycles. The van der Waals surface area contributed by atoms with Crippen LogP contribution in [0.25, 0.3) is 0 Å². The second-order valence-electron chi connectivity index (χ2n) is 5.47. The second-order valence-corrected chi connectivity index (χ2v) is 10.9. The lowest BCUT2D eigenvalue weighted by atomic mass is 10.2. The molecule has 3 nitrogen and oxygen atoms in total. The summed E-state index contributed by atoms with van der Waals surface area (Å²) in [7, 11) is -1.64. The molecule has 0 radical (unpaired) electrons. The summed E-state index contributed by atoms with van der Waals surface area (Å²) in [4.78, 5) is 12.2. The number of benzene rings is 1. The molecule has 1 unspecified atom stereocenters. The fourth-order valence-electron chi connectivity index (χ4n) is 1.72. The lowest BCUT2D eigenvalue weighted by Crippen LogP contribution is -2.45. The lowest BCUT2D eigenvalue weighted by molar-refractivity contribution is 0.0923. The van der Waals surface area contributed by atoms with Crippen LogP contribution in [0.1, 0.15) is 17.3 Å². The Balaban J connectivity index is 3.18. The molecule has 1 amide bonds. The van der Waals surface area contributed by atoms with E-state index in [1.54, 1.807) is 13.0 Å². The summed E-state index contributed by atoms with van der Waals surface area (Å²) in [6.07, 6.45) is 0. The number of aliphatic hydroxyl groups excluding tert-OH is 1. The van der Waals surface area contributed by atoms with Gasteiger partial charge in [0.1, 0.15) is 0 Å². The van der Waals surface area contributed by atoms with E-state index >= 15 is 0 Å². The van der Waals surface area contributed by atoms with E-state index in [1.165, 1.54) is 0 Å². The summed E-state index contributed by atoms with van der Waals surface area (Å²) in [6, 6.07) is 5.30. The van der Waals surface area contributed by atoms with Gasteiger partial charge < -0.3 is 10.4 Å². The van der Waals surface area contributed by atoms with Gasteiger partial charge in [0.2, 0.25) is 0 Å². The van der Waals surface area contributed by atoms with E-state index in [0.29, 0.717) is 10.6 Å². The van der Waals surface area contributed by atoms with Crippen molar-refractivity contribution in [1.29, 1.82) is 0 Å². The molecule has 1 rings (SSSR count). The number of hydrogen-bond donors (Lipinski definition) is 2. The highest BCUT2D eigenvalue weighted by atomic mass is 35.5. The SMILES string of the molecule is CC(CO)NC(=O)c1c(Cl)cccc1[Si](C)(C)C. The molecule has 0 aliphatic heterocycles. The first-order valence-corrected chi connectivity index (χ1v) is 9.86. The van der Waals surface area contributed by atoms with Crippen molar-refractivity contribution < 1.29 is 9.90 Å². The van der Waals surface area contributed by atoms with Crippen molar-refractivity contribution >= 4 is 30.8 Å². The fourth-order valence-corrected chi connectivity index (χ4v) is 3.66. The lowest BCUT2D eigenvalue weighted by Gasteiger charge is -2.22. The average molecular weight is 286 g/mol. The molecular formula is C13H20ClNO2Si. The number of rotatable bonds is 4. The molecular weight excluding hydrogens is 266 g/mol. The van der Waals surface area contributed by atoms with Crippen LogP contribution in [0.5, 0.6) is 0 Å². The van der Waals surface area contributed by atoms with Crippen LogP contribution in [-0.4, -0.2) is 31.7 Å². The van der Waals surface area contributed by atoms with E-state index in [2.05, 4.69) is 25.0 Å². The van der Waals surface area contributed by atoms with Gasteiger partial charge in [0, 0.05) is 6.04 Å². The predicted octanol–water partition coefficient (Wildman–Crippen LogP) is 2.00. The Bertz CT molecular complexity index is 443. The average Bonchev–Trinajstić information content (AvgIpc) is 2.27. The quantitative estimate of drug-likeness (QED) is 0.832. The molecule has 2 N–H and O–H groups in total. The topological polar surface area (TPSA) is 49.3 Å². The van der Waals surface area contributed by atoms with Crippen LogP contribution in [0.3, 0.4) is 0 Å². The highest BCUT2D eigenvalue weighted by molar-refractivity contribution is 6.89. The molecule has 0 aliphatic rings. The number of hydrogen-bond acceptors (Lipinski definition) is 2. The van der Waals surface area contributed by atoms with Gasteiger partial charge in [-0.3, -0.25) is 4.79 Å². The van der Waals surface area contributed by atoms with Crippen molar-refractivity contribution in [2.45, 2.75) is 32.6 Å². The van der Waals surface area contributed by atoms with Crippen molar-refractivity contribution in [3.8, 4) is 0 Å². The molecule has 0 saturated carbocycles. The van der Waals surface area contributed by atoms with Gasteiger partial charge in [0.05, 0.1) is 25.3 Å². The van der Waals surface area contributed by atoms with Crippen molar-refractivity contribution in [2.24, 2.45) is 0 Å². The molecule has 18 heavy (non-hydrogen) atoms. The monoisotopic (exact) mass is 285 g/mol.